The van der Waals surface area contributed by atoms with E-state index in [4.69, 9.17) is 4.74 Å². The maximum atomic E-state index is 11.2. The number of aryl methyl sites for hydroxylation is 1. The van der Waals surface area contributed by atoms with Crippen LogP contribution in [0.25, 0.3) is 0 Å². The highest BCUT2D eigenvalue weighted by Gasteiger charge is 2.14. The summed E-state index contributed by atoms with van der Waals surface area (Å²) in [6.45, 7) is 4.75. The highest BCUT2D eigenvalue weighted by atomic mass is 16.5. The van der Waals surface area contributed by atoms with Crippen molar-refractivity contribution in [2.24, 2.45) is 0 Å². The number of aromatic carboxylic acids is 1. The molecule has 0 fully saturated rings. The molecule has 0 amide bonds. The molecular formula is C18H21NO3. The van der Waals surface area contributed by atoms with E-state index >= 15 is 0 Å². The van der Waals surface area contributed by atoms with Gasteiger partial charge in [0.2, 0.25) is 0 Å². The monoisotopic (exact) mass is 299 g/mol. The molecule has 0 aliphatic heterocycles. The molecule has 0 saturated heterocycles. The van der Waals surface area contributed by atoms with E-state index < -0.39 is 5.97 Å². The molecule has 4 heteroatoms. The number of carbonyl (C=O) groups is 1. The molecular weight excluding hydrogens is 278 g/mol. The van der Waals surface area contributed by atoms with Crippen molar-refractivity contribution in [1.29, 1.82) is 0 Å². The van der Waals surface area contributed by atoms with Gasteiger partial charge in [0, 0.05) is 6.54 Å². The van der Waals surface area contributed by atoms with Crippen LogP contribution in [-0.2, 0) is 0 Å². The third kappa shape index (κ3) is 4.01. The Balaban J connectivity index is 2.34. The SMILES string of the molecule is CCCCNc1cc(C(=O)O)cc(C)c1Oc1ccccc1. The van der Waals surface area contributed by atoms with Gasteiger partial charge in [-0.25, -0.2) is 4.79 Å². The largest absolute Gasteiger partial charge is 0.478 e. The molecule has 2 aromatic carbocycles. The van der Waals surface area contributed by atoms with E-state index in [1.807, 2.05) is 37.3 Å². The lowest BCUT2D eigenvalue weighted by atomic mass is 10.1. The van der Waals surface area contributed by atoms with E-state index in [1.54, 1.807) is 12.1 Å². The second kappa shape index (κ2) is 7.50. The maximum absolute atomic E-state index is 11.2. The number of anilines is 1. The molecule has 0 saturated carbocycles. The Hall–Kier alpha value is -2.49. The lowest BCUT2D eigenvalue weighted by molar-refractivity contribution is 0.0697. The molecule has 22 heavy (non-hydrogen) atoms. The van der Waals surface area contributed by atoms with Gasteiger partial charge in [0.25, 0.3) is 0 Å². The van der Waals surface area contributed by atoms with Crippen molar-refractivity contribution in [2.45, 2.75) is 26.7 Å². The number of rotatable bonds is 7. The van der Waals surface area contributed by atoms with Crippen LogP contribution in [0.1, 0.15) is 35.7 Å². The van der Waals surface area contributed by atoms with Crippen molar-refractivity contribution in [3.63, 3.8) is 0 Å². The number of carboxylic acids is 1. The van der Waals surface area contributed by atoms with Gasteiger partial charge in [-0.1, -0.05) is 31.5 Å². The average Bonchev–Trinajstić information content (AvgIpc) is 2.51. The lowest BCUT2D eigenvalue weighted by Crippen LogP contribution is -2.06. The van der Waals surface area contributed by atoms with Crippen molar-refractivity contribution in [1.82, 2.24) is 0 Å². The quantitative estimate of drug-likeness (QED) is 0.728. The van der Waals surface area contributed by atoms with Gasteiger partial charge in [-0.05, 0) is 43.2 Å². The average molecular weight is 299 g/mol. The molecule has 0 atom stereocenters. The molecule has 116 valence electrons. The predicted octanol–water partition coefficient (Wildman–Crippen LogP) is 4.70. The van der Waals surface area contributed by atoms with Crippen LogP contribution in [-0.4, -0.2) is 17.6 Å². The zero-order valence-corrected chi connectivity index (χ0v) is 12.9. The van der Waals surface area contributed by atoms with E-state index in [9.17, 15) is 9.90 Å². The second-order valence-electron chi connectivity index (χ2n) is 5.17. The number of unbranched alkanes of at least 4 members (excludes halogenated alkanes) is 1. The number of nitrogens with one attached hydrogen (secondary N) is 1. The smallest absolute Gasteiger partial charge is 0.335 e. The Morgan fingerprint density at radius 3 is 2.59 bits per heavy atom. The minimum absolute atomic E-state index is 0.261. The Morgan fingerprint density at radius 2 is 1.95 bits per heavy atom. The summed E-state index contributed by atoms with van der Waals surface area (Å²) >= 11 is 0. The minimum Gasteiger partial charge on any atom is -0.478 e. The summed E-state index contributed by atoms with van der Waals surface area (Å²) in [6, 6.07) is 12.7. The van der Waals surface area contributed by atoms with Gasteiger partial charge in [-0.3, -0.25) is 0 Å². The summed E-state index contributed by atoms with van der Waals surface area (Å²) in [5, 5.41) is 12.5. The first-order valence-corrected chi connectivity index (χ1v) is 7.46. The second-order valence-corrected chi connectivity index (χ2v) is 5.17. The number of para-hydroxylation sites is 1. The van der Waals surface area contributed by atoms with Gasteiger partial charge < -0.3 is 15.2 Å². The Kier molecular flexibility index (Phi) is 5.42. The topological polar surface area (TPSA) is 58.6 Å². The zero-order valence-electron chi connectivity index (χ0n) is 12.9. The molecule has 0 aliphatic carbocycles. The van der Waals surface area contributed by atoms with Crippen molar-refractivity contribution >= 4 is 11.7 Å². The molecule has 0 radical (unpaired) electrons. The Labute approximate surface area is 130 Å². The van der Waals surface area contributed by atoms with Gasteiger partial charge in [0.1, 0.15) is 5.75 Å². The molecule has 2 N–H and O–H groups in total. The molecule has 0 aromatic heterocycles. The van der Waals surface area contributed by atoms with E-state index in [2.05, 4.69) is 12.2 Å². The number of ether oxygens (including phenoxy) is 1. The van der Waals surface area contributed by atoms with Gasteiger partial charge in [-0.15, -0.1) is 0 Å². The fraction of sp³-hybridized carbons (Fsp3) is 0.278. The highest BCUT2D eigenvalue weighted by Crippen LogP contribution is 2.34. The molecule has 4 nitrogen and oxygen atoms in total. The number of hydrogen-bond acceptors (Lipinski definition) is 3. The van der Waals surface area contributed by atoms with Crippen LogP contribution in [0.3, 0.4) is 0 Å². The third-order valence-corrected chi connectivity index (χ3v) is 3.33. The molecule has 0 bridgehead atoms. The minimum atomic E-state index is -0.937. The van der Waals surface area contributed by atoms with Gasteiger partial charge in [0.15, 0.2) is 5.75 Å². The normalized spacial score (nSPS) is 10.3. The highest BCUT2D eigenvalue weighted by molar-refractivity contribution is 5.90. The molecule has 0 unspecified atom stereocenters. The standard InChI is InChI=1S/C18H21NO3/c1-3-4-10-19-16-12-14(18(20)21)11-13(2)17(16)22-15-8-6-5-7-9-15/h5-9,11-12,19H,3-4,10H2,1-2H3,(H,20,21). The summed E-state index contributed by atoms with van der Waals surface area (Å²) in [4.78, 5) is 11.2. The first kappa shape index (κ1) is 15.9. The van der Waals surface area contributed by atoms with Crippen LogP contribution < -0.4 is 10.1 Å². The van der Waals surface area contributed by atoms with Crippen LogP contribution in [0.2, 0.25) is 0 Å². The van der Waals surface area contributed by atoms with Crippen molar-refractivity contribution in [2.75, 3.05) is 11.9 Å². The molecule has 2 rings (SSSR count). The van der Waals surface area contributed by atoms with Crippen molar-refractivity contribution in [3.8, 4) is 11.5 Å². The molecule has 0 heterocycles. The zero-order chi connectivity index (χ0) is 15.9. The number of benzene rings is 2. The first-order chi connectivity index (χ1) is 10.6. The van der Waals surface area contributed by atoms with Gasteiger partial charge >= 0.3 is 5.97 Å². The van der Waals surface area contributed by atoms with Crippen LogP contribution in [0.4, 0.5) is 5.69 Å². The summed E-state index contributed by atoms with van der Waals surface area (Å²) in [5.41, 5.74) is 1.77. The van der Waals surface area contributed by atoms with Gasteiger partial charge in [-0.2, -0.15) is 0 Å². The lowest BCUT2D eigenvalue weighted by Gasteiger charge is -2.16. The van der Waals surface area contributed by atoms with Crippen LogP contribution in [0.5, 0.6) is 11.5 Å². The fourth-order valence-electron chi connectivity index (χ4n) is 2.17. The van der Waals surface area contributed by atoms with Gasteiger partial charge in [0.05, 0.1) is 11.3 Å². The Bertz CT molecular complexity index is 638. The summed E-state index contributed by atoms with van der Waals surface area (Å²) in [5.74, 6) is 0.465. The summed E-state index contributed by atoms with van der Waals surface area (Å²) in [6.07, 6.45) is 2.08. The van der Waals surface area contributed by atoms with E-state index in [0.717, 1.165) is 36.4 Å². The van der Waals surface area contributed by atoms with Crippen molar-refractivity contribution < 1.29 is 14.6 Å². The van der Waals surface area contributed by atoms with Crippen LogP contribution in [0.15, 0.2) is 42.5 Å². The van der Waals surface area contributed by atoms with E-state index in [0.29, 0.717) is 5.75 Å². The van der Waals surface area contributed by atoms with E-state index in [1.165, 1.54) is 0 Å². The third-order valence-electron chi connectivity index (χ3n) is 3.33. The predicted molar refractivity (Wildman–Crippen MR) is 88.1 cm³/mol. The maximum Gasteiger partial charge on any atom is 0.335 e. The summed E-state index contributed by atoms with van der Waals surface area (Å²) in [7, 11) is 0. The first-order valence-electron chi connectivity index (χ1n) is 7.46. The fourth-order valence-corrected chi connectivity index (χ4v) is 2.17. The number of hydrogen-bond donors (Lipinski definition) is 2. The molecule has 2 aromatic rings. The van der Waals surface area contributed by atoms with Crippen LogP contribution in [0, 0.1) is 6.92 Å². The summed E-state index contributed by atoms with van der Waals surface area (Å²) < 4.78 is 5.95. The Morgan fingerprint density at radius 1 is 1.23 bits per heavy atom. The van der Waals surface area contributed by atoms with Crippen LogP contribution >= 0.6 is 0 Å². The number of carboxylic acid groups (broad SMARTS) is 1. The van der Waals surface area contributed by atoms with E-state index in [-0.39, 0.29) is 5.56 Å². The molecule has 0 spiro atoms. The molecule has 0 aliphatic rings. The van der Waals surface area contributed by atoms with Crippen molar-refractivity contribution in [3.05, 3.63) is 53.6 Å².